The lowest BCUT2D eigenvalue weighted by Crippen LogP contribution is -2.22. The average molecular weight is 247 g/mol. The molecular weight excluding hydrogens is 226 g/mol. The maximum atomic E-state index is 11.5. The number of aryl methyl sites for hydroxylation is 1. The van der Waals surface area contributed by atoms with Gasteiger partial charge in [-0.3, -0.25) is 9.78 Å². The Hall–Kier alpha value is -1.42. The molecule has 0 aliphatic carbocycles. The van der Waals surface area contributed by atoms with Gasteiger partial charge in [0.15, 0.2) is 0 Å². The molecule has 0 bridgehead atoms. The van der Waals surface area contributed by atoms with E-state index in [4.69, 9.17) is 0 Å². The molecule has 0 saturated carbocycles. The molecule has 4 nitrogen and oxygen atoms in total. The number of hydrogen-bond donors (Lipinski definition) is 1. The molecule has 0 radical (unpaired) electrons. The van der Waals surface area contributed by atoms with E-state index in [1.165, 1.54) is 6.42 Å². The van der Waals surface area contributed by atoms with E-state index in [-0.39, 0.29) is 5.91 Å². The van der Waals surface area contributed by atoms with Crippen molar-refractivity contribution in [3.05, 3.63) is 29.6 Å². The van der Waals surface area contributed by atoms with Gasteiger partial charge in [0.1, 0.15) is 0 Å². The Labute approximate surface area is 108 Å². The molecule has 1 fully saturated rings. The Balaban J connectivity index is 1.96. The summed E-state index contributed by atoms with van der Waals surface area (Å²) in [5.74, 6) is 0.154. The molecule has 1 unspecified atom stereocenters. The minimum absolute atomic E-state index is 0.154. The summed E-state index contributed by atoms with van der Waals surface area (Å²) in [4.78, 5) is 17.8. The highest BCUT2D eigenvalue weighted by atomic mass is 16.2. The second kappa shape index (κ2) is 5.96. The largest absolute Gasteiger partial charge is 0.349 e. The molecular formula is C14H21N3O. The summed E-state index contributed by atoms with van der Waals surface area (Å²) in [5.41, 5.74) is 2.12. The molecule has 0 aromatic carbocycles. The monoisotopic (exact) mass is 247 g/mol. The fourth-order valence-corrected chi connectivity index (χ4v) is 2.23. The summed E-state index contributed by atoms with van der Waals surface area (Å²) in [6.45, 7) is 1.08. The minimum Gasteiger partial charge on any atom is -0.349 e. The van der Waals surface area contributed by atoms with E-state index in [1.807, 2.05) is 12.1 Å². The third kappa shape index (κ3) is 3.29. The smallest absolute Gasteiger partial charge is 0.222 e. The van der Waals surface area contributed by atoms with Crippen LogP contribution in [0.15, 0.2) is 18.2 Å². The van der Waals surface area contributed by atoms with E-state index in [0.29, 0.717) is 12.5 Å². The quantitative estimate of drug-likeness (QED) is 0.877. The van der Waals surface area contributed by atoms with E-state index < -0.39 is 0 Å². The number of amides is 1. The Morgan fingerprint density at radius 3 is 3.00 bits per heavy atom. The molecule has 98 valence electrons. The molecule has 2 rings (SSSR count). The summed E-state index contributed by atoms with van der Waals surface area (Å²) in [6, 6.07) is 6.51. The first-order valence-corrected chi connectivity index (χ1v) is 6.56. The molecule has 1 aliphatic rings. The maximum Gasteiger partial charge on any atom is 0.222 e. The summed E-state index contributed by atoms with van der Waals surface area (Å²) in [5, 5.41) is 3.45. The van der Waals surface area contributed by atoms with Crippen molar-refractivity contribution in [2.24, 2.45) is 0 Å². The zero-order valence-electron chi connectivity index (χ0n) is 11.1. The Bertz CT molecular complexity index is 411. The van der Waals surface area contributed by atoms with Crippen LogP contribution in [0.5, 0.6) is 0 Å². The third-order valence-electron chi connectivity index (χ3n) is 3.34. The zero-order chi connectivity index (χ0) is 13.0. The number of hydrogen-bond acceptors (Lipinski definition) is 3. The van der Waals surface area contributed by atoms with Crippen molar-refractivity contribution >= 4 is 5.91 Å². The first kappa shape index (κ1) is 13.0. The third-order valence-corrected chi connectivity index (χ3v) is 3.34. The van der Waals surface area contributed by atoms with Gasteiger partial charge in [0, 0.05) is 32.3 Å². The zero-order valence-corrected chi connectivity index (χ0v) is 11.1. The number of aromatic nitrogens is 1. The van der Waals surface area contributed by atoms with Crippen LogP contribution in [0.1, 0.15) is 36.7 Å². The molecule has 1 N–H and O–H groups in total. The van der Waals surface area contributed by atoms with Gasteiger partial charge in [0.2, 0.25) is 5.91 Å². The lowest BCUT2D eigenvalue weighted by atomic mass is 10.1. The van der Waals surface area contributed by atoms with Gasteiger partial charge >= 0.3 is 0 Å². The normalized spacial score (nSPS) is 18.9. The van der Waals surface area contributed by atoms with Gasteiger partial charge in [-0.25, -0.2) is 0 Å². The number of carbonyl (C=O) groups excluding carboxylic acids is 1. The lowest BCUT2D eigenvalue weighted by Gasteiger charge is -2.12. The molecule has 4 heteroatoms. The summed E-state index contributed by atoms with van der Waals surface area (Å²) in [7, 11) is 3.57. The van der Waals surface area contributed by atoms with Crippen molar-refractivity contribution in [3.63, 3.8) is 0 Å². The molecule has 1 amide bonds. The highest BCUT2D eigenvalue weighted by molar-refractivity contribution is 5.75. The predicted molar refractivity (Wildman–Crippen MR) is 71.2 cm³/mol. The summed E-state index contributed by atoms with van der Waals surface area (Å²) >= 11 is 0. The van der Waals surface area contributed by atoms with E-state index in [2.05, 4.69) is 16.4 Å². The van der Waals surface area contributed by atoms with Crippen molar-refractivity contribution in [3.8, 4) is 0 Å². The molecule has 0 spiro atoms. The van der Waals surface area contributed by atoms with Crippen LogP contribution in [0, 0.1) is 0 Å². The standard InChI is InChI=1S/C14H21N3O/c1-17(2)14(18)9-8-11-5-3-6-13(16-11)12-7-4-10-15-12/h3,5-6,12,15H,4,7-10H2,1-2H3. The van der Waals surface area contributed by atoms with Crippen LogP contribution in [0.4, 0.5) is 0 Å². The molecule has 1 aromatic rings. The van der Waals surface area contributed by atoms with Crippen LogP contribution in [-0.4, -0.2) is 36.4 Å². The van der Waals surface area contributed by atoms with Gasteiger partial charge in [-0.1, -0.05) is 6.07 Å². The van der Waals surface area contributed by atoms with Gasteiger partial charge in [-0.05, 0) is 37.9 Å². The second-order valence-electron chi connectivity index (χ2n) is 4.99. The SMILES string of the molecule is CN(C)C(=O)CCc1cccc(C2CCCN2)n1. The Morgan fingerprint density at radius 1 is 1.50 bits per heavy atom. The number of rotatable bonds is 4. The van der Waals surface area contributed by atoms with E-state index in [9.17, 15) is 4.79 Å². The minimum atomic E-state index is 0.154. The first-order valence-electron chi connectivity index (χ1n) is 6.56. The van der Waals surface area contributed by atoms with Gasteiger partial charge < -0.3 is 10.2 Å². The lowest BCUT2D eigenvalue weighted by molar-refractivity contribution is -0.128. The number of carbonyl (C=O) groups is 1. The molecule has 1 saturated heterocycles. The molecule has 1 aromatic heterocycles. The molecule has 1 aliphatic heterocycles. The van der Waals surface area contributed by atoms with Crippen LogP contribution in [-0.2, 0) is 11.2 Å². The second-order valence-corrected chi connectivity index (χ2v) is 4.99. The van der Waals surface area contributed by atoms with Crippen molar-refractivity contribution in [1.29, 1.82) is 0 Å². The van der Waals surface area contributed by atoms with Gasteiger partial charge in [0.05, 0.1) is 5.69 Å². The van der Waals surface area contributed by atoms with E-state index in [1.54, 1.807) is 19.0 Å². The molecule has 2 heterocycles. The Morgan fingerprint density at radius 2 is 2.33 bits per heavy atom. The number of nitrogens with one attached hydrogen (secondary N) is 1. The maximum absolute atomic E-state index is 11.5. The molecule has 18 heavy (non-hydrogen) atoms. The molecule has 1 atom stereocenters. The van der Waals surface area contributed by atoms with Crippen LogP contribution in [0.3, 0.4) is 0 Å². The fraction of sp³-hybridized carbons (Fsp3) is 0.571. The van der Waals surface area contributed by atoms with Crippen LogP contribution in [0.2, 0.25) is 0 Å². The van der Waals surface area contributed by atoms with Crippen molar-refractivity contribution in [1.82, 2.24) is 15.2 Å². The van der Waals surface area contributed by atoms with Gasteiger partial charge in [0.25, 0.3) is 0 Å². The van der Waals surface area contributed by atoms with E-state index >= 15 is 0 Å². The number of pyridine rings is 1. The van der Waals surface area contributed by atoms with Gasteiger partial charge in [-0.2, -0.15) is 0 Å². The summed E-state index contributed by atoms with van der Waals surface area (Å²) < 4.78 is 0. The number of nitrogens with zero attached hydrogens (tertiary/aromatic N) is 2. The topological polar surface area (TPSA) is 45.2 Å². The highest BCUT2D eigenvalue weighted by Gasteiger charge is 2.17. The van der Waals surface area contributed by atoms with E-state index in [0.717, 1.165) is 30.8 Å². The van der Waals surface area contributed by atoms with Crippen molar-refractivity contribution in [2.45, 2.75) is 31.7 Å². The van der Waals surface area contributed by atoms with Crippen LogP contribution >= 0.6 is 0 Å². The summed E-state index contributed by atoms with van der Waals surface area (Å²) in [6.07, 6.45) is 3.63. The van der Waals surface area contributed by atoms with Crippen LogP contribution in [0.25, 0.3) is 0 Å². The average Bonchev–Trinajstić information content (AvgIpc) is 2.90. The highest BCUT2D eigenvalue weighted by Crippen LogP contribution is 2.21. The van der Waals surface area contributed by atoms with Crippen LogP contribution < -0.4 is 5.32 Å². The van der Waals surface area contributed by atoms with Gasteiger partial charge in [-0.15, -0.1) is 0 Å². The van der Waals surface area contributed by atoms with Crippen molar-refractivity contribution in [2.75, 3.05) is 20.6 Å². The fourth-order valence-electron chi connectivity index (χ4n) is 2.23. The predicted octanol–water partition coefficient (Wildman–Crippen LogP) is 1.53. The first-order chi connectivity index (χ1) is 8.66. The van der Waals surface area contributed by atoms with Crippen molar-refractivity contribution < 1.29 is 4.79 Å². The Kier molecular flexibility index (Phi) is 4.31.